The number of rotatable bonds is 2. The number of Topliss-reactive ketones (excluding diaryl/α,β-unsaturated/α-hetero) is 1. The lowest BCUT2D eigenvalue weighted by Crippen LogP contribution is -2.43. The first-order valence-electron chi connectivity index (χ1n) is 9.52. The number of aliphatic hydroxyl groups is 1. The molecule has 0 amide bonds. The predicted molar refractivity (Wildman–Crippen MR) is 111 cm³/mol. The number of hydrogen-bond acceptors (Lipinski definition) is 2. The van der Waals surface area contributed by atoms with Gasteiger partial charge in [0.1, 0.15) is 5.76 Å². The van der Waals surface area contributed by atoms with Crippen molar-refractivity contribution in [3.05, 3.63) is 64.4 Å². The minimum Gasteiger partial charge on any atom is -0.511 e. The summed E-state index contributed by atoms with van der Waals surface area (Å²) < 4.78 is 0. The molecule has 0 saturated heterocycles. The van der Waals surface area contributed by atoms with Gasteiger partial charge >= 0.3 is 0 Å². The summed E-state index contributed by atoms with van der Waals surface area (Å²) in [6.45, 7) is 8.34. The highest BCUT2D eigenvalue weighted by Gasteiger charge is 2.61. The maximum atomic E-state index is 13.4. The third-order valence-electron chi connectivity index (χ3n) is 7.23. The van der Waals surface area contributed by atoms with Gasteiger partial charge in [0.25, 0.3) is 0 Å². The first-order valence-corrected chi connectivity index (χ1v) is 9.89. The summed E-state index contributed by atoms with van der Waals surface area (Å²) in [5.41, 5.74) is 3.85. The van der Waals surface area contributed by atoms with E-state index < -0.39 is 0 Å². The van der Waals surface area contributed by atoms with Crippen molar-refractivity contribution in [2.75, 3.05) is 0 Å². The van der Waals surface area contributed by atoms with E-state index in [2.05, 4.69) is 20.8 Å². The largest absolute Gasteiger partial charge is 0.511 e. The van der Waals surface area contributed by atoms with Crippen molar-refractivity contribution in [2.24, 2.45) is 16.7 Å². The lowest BCUT2D eigenvalue weighted by molar-refractivity contribution is -0.122. The van der Waals surface area contributed by atoms with Crippen molar-refractivity contribution < 1.29 is 9.90 Å². The summed E-state index contributed by atoms with van der Waals surface area (Å²) in [4.78, 5) is 13.4. The molecule has 1 N–H and O–H groups in total. The molecule has 1 fully saturated rings. The van der Waals surface area contributed by atoms with Gasteiger partial charge in [0, 0.05) is 16.4 Å². The van der Waals surface area contributed by atoms with Crippen molar-refractivity contribution in [3.63, 3.8) is 0 Å². The van der Waals surface area contributed by atoms with Gasteiger partial charge in [-0.3, -0.25) is 4.79 Å². The molecule has 2 atom stereocenters. The molecule has 2 nitrogen and oxygen atoms in total. The fourth-order valence-corrected chi connectivity index (χ4v) is 5.05. The van der Waals surface area contributed by atoms with Crippen molar-refractivity contribution >= 4 is 23.0 Å². The van der Waals surface area contributed by atoms with Crippen LogP contribution in [0.15, 0.2) is 48.2 Å². The third-order valence-corrected chi connectivity index (χ3v) is 7.49. The van der Waals surface area contributed by atoms with Gasteiger partial charge in [-0.05, 0) is 65.6 Å². The van der Waals surface area contributed by atoms with E-state index >= 15 is 0 Å². The highest BCUT2D eigenvalue weighted by atomic mass is 35.5. The number of hydrogen-bond donors (Lipinski definition) is 1. The predicted octanol–water partition coefficient (Wildman–Crippen LogP) is 6.61. The molecule has 1 saturated carbocycles. The number of carbonyl (C=O) groups is 1. The van der Waals surface area contributed by atoms with E-state index in [4.69, 9.17) is 11.6 Å². The number of aliphatic hydroxyl groups excluding tert-OH is 1. The Bertz CT molecular complexity index is 968. The first-order chi connectivity index (χ1) is 12.7. The fraction of sp³-hybridized carbons (Fsp3) is 0.375. The van der Waals surface area contributed by atoms with Crippen LogP contribution < -0.4 is 0 Å². The van der Waals surface area contributed by atoms with Gasteiger partial charge in [-0.15, -0.1) is 0 Å². The molecule has 3 heteroatoms. The zero-order chi connectivity index (χ0) is 19.6. The highest BCUT2D eigenvalue weighted by molar-refractivity contribution is 6.30. The molecule has 2 bridgehead atoms. The van der Waals surface area contributed by atoms with E-state index in [1.807, 2.05) is 49.4 Å². The van der Waals surface area contributed by atoms with Gasteiger partial charge < -0.3 is 5.11 Å². The van der Waals surface area contributed by atoms with Gasteiger partial charge in [0.2, 0.25) is 0 Å². The normalized spacial score (nSPS) is 26.6. The second kappa shape index (κ2) is 5.97. The molecule has 2 aliphatic rings. The standard InChI is InChI=1S/C24H25ClO2/c1-14-5-6-16(15-7-9-17(25)10-8-15)13-18(14)20-21(26)19-11-12-24(4,22(20)27)23(19,2)3/h5-10,13,19,27H,11-12H2,1-4H3. The molecule has 0 aliphatic heterocycles. The lowest BCUT2D eigenvalue weighted by atomic mass is 9.58. The molecule has 27 heavy (non-hydrogen) atoms. The number of carbonyl (C=O) groups excluding carboxylic acids is 1. The van der Waals surface area contributed by atoms with E-state index in [0.717, 1.165) is 35.1 Å². The Morgan fingerprint density at radius 1 is 1.04 bits per heavy atom. The van der Waals surface area contributed by atoms with E-state index in [1.165, 1.54) is 0 Å². The Labute approximate surface area is 165 Å². The van der Waals surface area contributed by atoms with Crippen LogP contribution in [0, 0.1) is 23.7 Å². The SMILES string of the molecule is Cc1ccc(-c2ccc(Cl)cc2)cc1C1=C(O)C2(C)CCC(C1=O)C2(C)C. The van der Waals surface area contributed by atoms with Crippen LogP contribution in [0.5, 0.6) is 0 Å². The van der Waals surface area contributed by atoms with Crippen LogP contribution in [-0.2, 0) is 4.79 Å². The van der Waals surface area contributed by atoms with Crippen LogP contribution in [0.3, 0.4) is 0 Å². The van der Waals surface area contributed by atoms with Crippen molar-refractivity contribution in [1.29, 1.82) is 0 Å². The zero-order valence-corrected chi connectivity index (χ0v) is 17.0. The van der Waals surface area contributed by atoms with Crippen molar-refractivity contribution in [2.45, 2.75) is 40.5 Å². The highest BCUT2D eigenvalue weighted by Crippen LogP contribution is 2.64. The molecular weight excluding hydrogens is 356 g/mol. The first kappa shape index (κ1) is 18.3. The molecule has 0 spiro atoms. The Hall–Kier alpha value is -2.06. The van der Waals surface area contributed by atoms with Gasteiger partial charge in [0.05, 0.1) is 5.57 Å². The van der Waals surface area contributed by atoms with E-state index in [9.17, 15) is 9.90 Å². The van der Waals surface area contributed by atoms with E-state index in [1.54, 1.807) is 0 Å². The van der Waals surface area contributed by atoms with Crippen molar-refractivity contribution in [1.82, 2.24) is 0 Å². The molecule has 2 unspecified atom stereocenters. The molecule has 2 aromatic carbocycles. The fourth-order valence-electron chi connectivity index (χ4n) is 4.92. The van der Waals surface area contributed by atoms with Gasteiger partial charge in [-0.25, -0.2) is 0 Å². The molecule has 2 aliphatic carbocycles. The maximum Gasteiger partial charge on any atom is 0.170 e. The average Bonchev–Trinajstić information content (AvgIpc) is 2.81. The Morgan fingerprint density at radius 2 is 1.67 bits per heavy atom. The van der Waals surface area contributed by atoms with Gasteiger partial charge in [-0.2, -0.15) is 0 Å². The van der Waals surface area contributed by atoms with Crippen LogP contribution in [-0.4, -0.2) is 10.9 Å². The average molecular weight is 381 g/mol. The van der Waals surface area contributed by atoms with Crippen LogP contribution in [0.25, 0.3) is 16.7 Å². The topological polar surface area (TPSA) is 37.3 Å². The van der Waals surface area contributed by atoms with Crippen LogP contribution in [0.4, 0.5) is 0 Å². The van der Waals surface area contributed by atoms with Gasteiger partial charge in [0.15, 0.2) is 5.78 Å². The number of benzene rings is 2. The number of halogens is 1. The monoisotopic (exact) mass is 380 g/mol. The second-order valence-corrected chi connectivity index (χ2v) is 9.21. The lowest BCUT2D eigenvalue weighted by Gasteiger charge is -2.45. The molecule has 0 aromatic heterocycles. The number of aryl methyl sites for hydroxylation is 1. The smallest absolute Gasteiger partial charge is 0.170 e. The Balaban J connectivity index is 1.90. The molecule has 2 aromatic rings. The third kappa shape index (κ3) is 2.50. The number of ketones is 1. The second-order valence-electron chi connectivity index (χ2n) is 8.77. The van der Waals surface area contributed by atoms with E-state index in [-0.39, 0.29) is 28.3 Å². The summed E-state index contributed by atoms with van der Waals surface area (Å²) in [7, 11) is 0. The van der Waals surface area contributed by atoms with Gasteiger partial charge in [-0.1, -0.05) is 56.6 Å². The molecule has 4 rings (SSSR count). The summed E-state index contributed by atoms with van der Waals surface area (Å²) in [6.07, 6.45) is 1.69. The quantitative estimate of drug-likeness (QED) is 0.636. The molecule has 0 heterocycles. The minimum absolute atomic E-state index is 0.0352. The van der Waals surface area contributed by atoms with Crippen molar-refractivity contribution in [3.8, 4) is 11.1 Å². The summed E-state index contributed by atoms with van der Waals surface area (Å²) >= 11 is 6.01. The van der Waals surface area contributed by atoms with Crippen LogP contribution in [0.2, 0.25) is 5.02 Å². The zero-order valence-electron chi connectivity index (χ0n) is 16.3. The summed E-state index contributed by atoms with van der Waals surface area (Å²) in [5, 5.41) is 11.9. The number of fused-ring (bicyclic) bond motifs is 2. The summed E-state index contributed by atoms with van der Waals surface area (Å²) in [6, 6.07) is 13.8. The molecule has 0 radical (unpaired) electrons. The summed E-state index contributed by atoms with van der Waals surface area (Å²) in [5.74, 6) is 0.318. The minimum atomic E-state index is -0.358. The Morgan fingerprint density at radius 3 is 2.33 bits per heavy atom. The Kier molecular flexibility index (Phi) is 4.05. The number of allylic oxidation sites excluding steroid dienone is 2. The van der Waals surface area contributed by atoms with E-state index in [0.29, 0.717) is 10.6 Å². The van der Waals surface area contributed by atoms with Crippen LogP contribution >= 0.6 is 11.6 Å². The molecule has 140 valence electrons. The maximum absolute atomic E-state index is 13.4. The van der Waals surface area contributed by atoms with Crippen LogP contribution in [0.1, 0.15) is 44.7 Å². The molecular formula is C24H25ClO2.